The minimum atomic E-state index is -3.54. The Kier molecular flexibility index (Phi) is 5.00. The van der Waals surface area contributed by atoms with E-state index in [1.165, 1.54) is 5.56 Å². The molecule has 0 amide bonds. The lowest BCUT2D eigenvalue weighted by Gasteiger charge is -2.33. The Labute approximate surface area is 150 Å². The van der Waals surface area contributed by atoms with E-state index in [1.54, 1.807) is 4.31 Å². The standard InChI is InChI=1S/C20H25NO3S/c1-14-5-7-18(8-6-14)19-13-21(9-10-24-19)25(22,23)20-16(3)11-15(2)12-17(20)4/h5-8,11-12,19H,9-10,13H2,1-4H3. The van der Waals surface area contributed by atoms with Crippen LogP contribution >= 0.6 is 0 Å². The molecule has 0 N–H and O–H groups in total. The first-order valence-electron chi connectivity index (χ1n) is 8.55. The fourth-order valence-electron chi connectivity index (χ4n) is 3.53. The predicted molar refractivity (Wildman–Crippen MR) is 99.3 cm³/mol. The lowest BCUT2D eigenvalue weighted by Crippen LogP contribution is -2.42. The van der Waals surface area contributed by atoms with Gasteiger partial charge in [-0.25, -0.2) is 8.42 Å². The summed E-state index contributed by atoms with van der Waals surface area (Å²) >= 11 is 0. The van der Waals surface area contributed by atoms with Crippen molar-refractivity contribution >= 4 is 10.0 Å². The van der Waals surface area contributed by atoms with Gasteiger partial charge in [0.15, 0.2) is 0 Å². The summed E-state index contributed by atoms with van der Waals surface area (Å²) < 4.78 is 33.9. The molecule has 0 aromatic heterocycles. The Morgan fingerprint density at radius 3 is 2.16 bits per heavy atom. The van der Waals surface area contributed by atoms with Crippen molar-refractivity contribution in [1.82, 2.24) is 4.31 Å². The van der Waals surface area contributed by atoms with Crippen LogP contribution in [-0.2, 0) is 14.8 Å². The van der Waals surface area contributed by atoms with E-state index < -0.39 is 10.0 Å². The van der Waals surface area contributed by atoms with Crippen molar-refractivity contribution < 1.29 is 13.2 Å². The van der Waals surface area contributed by atoms with Gasteiger partial charge in [-0.3, -0.25) is 0 Å². The summed E-state index contributed by atoms with van der Waals surface area (Å²) in [6.07, 6.45) is -0.227. The summed E-state index contributed by atoms with van der Waals surface area (Å²) in [4.78, 5) is 0.433. The highest BCUT2D eigenvalue weighted by atomic mass is 32.2. The van der Waals surface area contributed by atoms with Crippen LogP contribution in [0.2, 0.25) is 0 Å². The molecule has 1 atom stereocenters. The number of hydrogen-bond acceptors (Lipinski definition) is 3. The summed E-state index contributed by atoms with van der Waals surface area (Å²) in [5, 5.41) is 0. The second-order valence-corrected chi connectivity index (χ2v) is 8.74. The van der Waals surface area contributed by atoms with Crippen LogP contribution in [0.3, 0.4) is 0 Å². The number of nitrogens with zero attached hydrogens (tertiary/aromatic N) is 1. The number of benzene rings is 2. The molecule has 1 aliphatic heterocycles. The summed E-state index contributed by atoms with van der Waals surface area (Å²) in [5.41, 5.74) is 4.87. The molecule has 0 spiro atoms. The SMILES string of the molecule is Cc1ccc(C2CN(S(=O)(=O)c3c(C)cc(C)cc3C)CCO2)cc1. The van der Waals surface area contributed by atoms with E-state index in [0.717, 1.165) is 22.3 Å². The van der Waals surface area contributed by atoms with Gasteiger partial charge in [-0.05, 0) is 44.4 Å². The summed E-state index contributed by atoms with van der Waals surface area (Å²) in [6, 6.07) is 11.9. The number of sulfonamides is 1. The van der Waals surface area contributed by atoms with Crippen LogP contribution in [0.5, 0.6) is 0 Å². The molecule has 3 rings (SSSR count). The van der Waals surface area contributed by atoms with E-state index >= 15 is 0 Å². The summed E-state index contributed by atoms with van der Waals surface area (Å²) in [5.74, 6) is 0. The Morgan fingerprint density at radius 1 is 0.960 bits per heavy atom. The van der Waals surface area contributed by atoms with Crippen molar-refractivity contribution in [3.05, 3.63) is 64.2 Å². The van der Waals surface area contributed by atoms with Gasteiger partial charge in [0.2, 0.25) is 10.0 Å². The fraction of sp³-hybridized carbons (Fsp3) is 0.400. The number of aryl methyl sites for hydroxylation is 4. The molecular formula is C20H25NO3S. The van der Waals surface area contributed by atoms with Gasteiger partial charge in [0, 0.05) is 13.1 Å². The highest BCUT2D eigenvalue weighted by Crippen LogP contribution is 2.30. The van der Waals surface area contributed by atoms with Crippen molar-refractivity contribution in [3.8, 4) is 0 Å². The van der Waals surface area contributed by atoms with Crippen molar-refractivity contribution in [3.63, 3.8) is 0 Å². The van der Waals surface area contributed by atoms with Crippen molar-refractivity contribution in [1.29, 1.82) is 0 Å². The Balaban J connectivity index is 1.91. The molecule has 1 aliphatic rings. The molecule has 0 aliphatic carbocycles. The molecule has 2 aromatic carbocycles. The van der Waals surface area contributed by atoms with Crippen LogP contribution in [-0.4, -0.2) is 32.4 Å². The Bertz CT molecular complexity index is 849. The van der Waals surface area contributed by atoms with Crippen molar-refractivity contribution in [2.24, 2.45) is 0 Å². The predicted octanol–water partition coefficient (Wildman–Crippen LogP) is 3.68. The van der Waals surface area contributed by atoms with Crippen molar-refractivity contribution in [2.75, 3.05) is 19.7 Å². The highest BCUT2D eigenvalue weighted by molar-refractivity contribution is 7.89. The zero-order chi connectivity index (χ0) is 18.2. The monoisotopic (exact) mass is 359 g/mol. The first-order chi connectivity index (χ1) is 11.8. The first-order valence-corrected chi connectivity index (χ1v) is 9.99. The quantitative estimate of drug-likeness (QED) is 0.840. The Hall–Kier alpha value is -1.69. The summed E-state index contributed by atoms with van der Waals surface area (Å²) in [6.45, 7) is 8.89. The van der Waals surface area contributed by atoms with E-state index in [1.807, 2.05) is 64.1 Å². The van der Waals surface area contributed by atoms with Crippen molar-refractivity contribution in [2.45, 2.75) is 38.7 Å². The van der Waals surface area contributed by atoms with Crippen LogP contribution in [0.1, 0.15) is 33.9 Å². The lowest BCUT2D eigenvalue weighted by molar-refractivity contribution is -0.00258. The highest BCUT2D eigenvalue weighted by Gasteiger charge is 2.33. The summed E-state index contributed by atoms with van der Waals surface area (Å²) in [7, 11) is -3.54. The van der Waals surface area contributed by atoms with Gasteiger partial charge in [-0.15, -0.1) is 0 Å². The topological polar surface area (TPSA) is 46.6 Å². The van der Waals surface area contributed by atoms with Gasteiger partial charge >= 0.3 is 0 Å². The largest absolute Gasteiger partial charge is 0.371 e. The van der Waals surface area contributed by atoms with E-state index in [0.29, 0.717) is 24.6 Å². The molecule has 134 valence electrons. The second kappa shape index (κ2) is 6.90. The molecular weight excluding hydrogens is 334 g/mol. The van der Waals surface area contributed by atoms with Gasteiger partial charge in [-0.2, -0.15) is 4.31 Å². The van der Waals surface area contributed by atoms with Crippen LogP contribution in [0, 0.1) is 27.7 Å². The van der Waals surface area contributed by atoms with Crippen LogP contribution < -0.4 is 0 Å². The maximum atomic E-state index is 13.2. The second-order valence-electron chi connectivity index (χ2n) is 6.86. The molecule has 1 fully saturated rings. The Morgan fingerprint density at radius 2 is 1.56 bits per heavy atom. The smallest absolute Gasteiger partial charge is 0.243 e. The minimum Gasteiger partial charge on any atom is -0.371 e. The fourth-order valence-corrected chi connectivity index (χ4v) is 5.37. The molecule has 1 heterocycles. The molecule has 0 radical (unpaired) electrons. The number of morpholine rings is 1. The average molecular weight is 359 g/mol. The van der Waals surface area contributed by atoms with E-state index in [9.17, 15) is 8.42 Å². The lowest BCUT2D eigenvalue weighted by atomic mass is 10.1. The van der Waals surface area contributed by atoms with Gasteiger partial charge in [0.05, 0.1) is 17.6 Å². The maximum Gasteiger partial charge on any atom is 0.243 e. The van der Waals surface area contributed by atoms with Gasteiger partial charge < -0.3 is 4.74 Å². The molecule has 1 saturated heterocycles. The van der Waals surface area contributed by atoms with E-state index in [-0.39, 0.29) is 6.10 Å². The zero-order valence-corrected chi connectivity index (χ0v) is 16.1. The third-order valence-electron chi connectivity index (χ3n) is 4.68. The van der Waals surface area contributed by atoms with Gasteiger partial charge in [0.1, 0.15) is 0 Å². The van der Waals surface area contributed by atoms with Gasteiger partial charge in [0.25, 0.3) is 0 Å². The third-order valence-corrected chi connectivity index (χ3v) is 6.85. The molecule has 5 heteroatoms. The normalized spacial score (nSPS) is 19.1. The van der Waals surface area contributed by atoms with E-state index in [2.05, 4.69) is 0 Å². The minimum absolute atomic E-state index is 0.227. The van der Waals surface area contributed by atoms with Gasteiger partial charge in [-0.1, -0.05) is 47.5 Å². The number of hydrogen-bond donors (Lipinski definition) is 0. The van der Waals surface area contributed by atoms with Crippen LogP contribution in [0.25, 0.3) is 0 Å². The average Bonchev–Trinajstić information content (AvgIpc) is 2.54. The molecule has 4 nitrogen and oxygen atoms in total. The number of rotatable bonds is 3. The zero-order valence-electron chi connectivity index (χ0n) is 15.2. The molecule has 1 unspecified atom stereocenters. The molecule has 2 aromatic rings. The number of ether oxygens (including phenoxy) is 1. The maximum absolute atomic E-state index is 13.2. The molecule has 0 bridgehead atoms. The first kappa shape index (κ1) is 18.1. The molecule has 0 saturated carbocycles. The molecule has 25 heavy (non-hydrogen) atoms. The van der Waals surface area contributed by atoms with E-state index in [4.69, 9.17) is 4.74 Å². The van der Waals surface area contributed by atoms with Crippen LogP contribution in [0.15, 0.2) is 41.3 Å². The third kappa shape index (κ3) is 3.64. The van der Waals surface area contributed by atoms with Crippen LogP contribution in [0.4, 0.5) is 0 Å².